The number of benzene rings is 1. The molecule has 1 amide bonds. The Labute approximate surface area is 162 Å². The molecule has 1 heterocycles. The number of aromatic nitrogens is 2. The first-order chi connectivity index (χ1) is 12.6. The monoisotopic (exact) mass is 373 g/mol. The van der Waals surface area contributed by atoms with Crippen molar-refractivity contribution in [3.63, 3.8) is 0 Å². The van der Waals surface area contributed by atoms with Crippen molar-refractivity contribution < 1.29 is 14.3 Å². The van der Waals surface area contributed by atoms with Gasteiger partial charge in [0.25, 0.3) is 5.91 Å². The number of hydrogen-bond acceptors (Lipinski definition) is 4. The van der Waals surface area contributed by atoms with Gasteiger partial charge in [-0.25, -0.2) is 0 Å². The van der Waals surface area contributed by atoms with Gasteiger partial charge in [0.2, 0.25) is 0 Å². The van der Waals surface area contributed by atoms with Crippen LogP contribution in [0.15, 0.2) is 24.3 Å². The third-order valence-corrected chi connectivity index (χ3v) is 4.43. The van der Waals surface area contributed by atoms with Crippen molar-refractivity contribution in [1.82, 2.24) is 14.7 Å². The van der Waals surface area contributed by atoms with E-state index < -0.39 is 0 Å². The molecule has 0 unspecified atom stereocenters. The fourth-order valence-electron chi connectivity index (χ4n) is 2.95. The van der Waals surface area contributed by atoms with Crippen LogP contribution in [0.4, 0.5) is 0 Å². The van der Waals surface area contributed by atoms with Gasteiger partial charge in [0.15, 0.2) is 5.69 Å². The zero-order valence-electron chi connectivity index (χ0n) is 17.7. The smallest absolute Gasteiger partial charge is 0.274 e. The minimum absolute atomic E-state index is 0.113. The summed E-state index contributed by atoms with van der Waals surface area (Å²) in [5.74, 6) is 1.58. The summed E-state index contributed by atoms with van der Waals surface area (Å²) in [6.45, 7) is 10.9. The Bertz CT molecular complexity index is 803. The first-order valence-corrected chi connectivity index (χ1v) is 9.15. The highest BCUT2D eigenvalue weighted by Crippen LogP contribution is 2.27. The number of methoxy groups -OCH3 is 2. The quantitative estimate of drug-likeness (QED) is 0.766. The molecular formula is C21H31N3O3. The number of nitrogens with zero attached hydrogens (tertiary/aromatic N) is 3. The number of carbonyl (C=O) groups is 1. The number of hydrogen-bond donors (Lipinski definition) is 0. The van der Waals surface area contributed by atoms with Crippen LogP contribution in [0.1, 0.15) is 62.3 Å². The summed E-state index contributed by atoms with van der Waals surface area (Å²) in [7, 11) is 5.00. The molecule has 0 saturated heterocycles. The second-order valence-corrected chi connectivity index (χ2v) is 8.03. The fourth-order valence-corrected chi connectivity index (χ4v) is 2.95. The van der Waals surface area contributed by atoms with Gasteiger partial charge in [0.05, 0.1) is 19.8 Å². The zero-order valence-corrected chi connectivity index (χ0v) is 17.7. The molecular weight excluding hydrogens is 342 g/mol. The molecule has 0 saturated carbocycles. The molecule has 6 nitrogen and oxygen atoms in total. The van der Waals surface area contributed by atoms with Crippen LogP contribution in [-0.4, -0.2) is 41.9 Å². The topological polar surface area (TPSA) is 56.6 Å². The van der Waals surface area contributed by atoms with Gasteiger partial charge >= 0.3 is 0 Å². The van der Waals surface area contributed by atoms with Crippen LogP contribution in [0, 0.1) is 0 Å². The molecule has 0 bridgehead atoms. The van der Waals surface area contributed by atoms with Crippen LogP contribution in [0.25, 0.3) is 0 Å². The number of amides is 1. The first-order valence-electron chi connectivity index (χ1n) is 9.15. The number of carbonyl (C=O) groups excluding carboxylic acids is 1. The van der Waals surface area contributed by atoms with Crippen molar-refractivity contribution in [1.29, 1.82) is 0 Å². The minimum Gasteiger partial charge on any atom is -0.497 e. The predicted octanol–water partition coefficient (Wildman–Crippen LogP) is 4.05. The average molecular weight is 373 g/mol. The first kappa shape index (κ1) is 20.8. The maximum absolute atomic E-state index is 13.0. The van der Waals surface area contributed by atoms with Gasteiger partial charge in [-0.2, -0.15) is 5.10 Å². The molecule has 2 aromatic rings. The largest absolute Gasteiger partial charge is 0.497 e. The van der Waals surface area contributed by atoms with Crippen LogP contribution in [-0.2, 0) is 12.1 Å². The summed E-state index contributed by atoms with van der Waals surface area (Å²) < 4.78 is 12.6. The van der Waals surface area contributed by atoms with Crippen molar-refractivity contribution in [2.24, 2.45) is 0 Å². The third-order valence-electron chi connectivity index (χ3n) is 4.43. The minimum atomic E-state index is -0.185. The van der Waals surface area contributed by atoms with Crippen LogP contribution in [0.5, 0.6) is 11.5 Å². The lowest BCUT2D eigenvalue weighted by atomic mass is 10.1. The van der Waals surface area contributed by atoms with Gasteiger partial charge in [0.1, 0.15) is 11.5 Å². The van der Waals surface area contributed by atoms with Gasteiger partial charge in [-0.1, -0.05) is 13.8 Å². The van der Waals surface area contributed by atoms with Gasteiger partial charge in [0, 0.05) is 30.9 Å². The molecule has 0 fully saturated rings. The molecule has 0 aliphatic carbocycles. The molecule has 0 N–H and O–H groups in total. The lowest BCUT2D eigenvalue weighted by Crippen LogP contribution is -2.29. The standard InChI is InChI=1S/C21H31N3O3/c1-14(2)18-12-17(22-24(18)21(3,4)5)20(25)23(6)13-15-9-10-16(26-7)11-19(15)27-8/h9-12,14H,13H2,1-8H3. The van der Waals surface area contributed by atoms with Crippen molar-refractivity contribution in [2.45, 2.75) is 52.6 Å². The summed E-state index contributed by atoms with van der Waals surface area (Å²) >= 11 is 0. The highest BCUT2D eigenvalue weighted by molar-refractivity contribution is 5.92. The van der Waals surface area contributed by atoms with E-state index in [1.54, 1.807) is 26.2 Å². The van der Waals surface area contributed by atoms with Gasteiger partial charge in [-0.15, -0.1) is 0 Å². The van der Waals surface area contributed by atoms with Gasteiger partial charge in [-0.05, 0) is 44.9 Å². The second kappa shape index (κ2) is 8.03. The summed E-state index contributed by atoms with van der Waals surface area (Å²) in [4.78, 5) is 14.6. The lowest BCUT2D eigenvalue weighted by Gasteiger charge is -2.23. The molecule has 0 atom stereocenters. The van der Waals surface area contributed by atoms with Gasteiger partial charge < -0.3 is 14.4 Å². The van der Waals surface area contributed by atoms with E-state index in [4.69, 9.17) is 9.47 Å². The highest BCUT2D eigenvalue weighted by Gasteiger charge is 2.25. The summed E-state index contributed by atoms with van der Waals surface area (Å²) in [6, 6.07) is 7.50. The molecule has 2 rings (SSSR count). The molecule has 0 aliphatic rings. The van der Waals surface area contributed by atoms with E-state index in [1.807, 2.05) is 28.9 Å². The van der Waals surface area contributed by atoms with Gasteiger partial charge in [-0.3, -0.25) is 9.48 Å². The van der Waals surface area contributed by atoms with E-state index >= 15 is 0 Å². The highest BCUT2D eigenvalue weighted by atomic mass is 16.5. The van der Waals surface area contributed by atoms with Crippen LogP contribution in [0.2, 0.25) is 0 Å². The molecule has 1 aromatic carbocycles. The summed E-state index contributed by atoms with van der Waals surface area (Å²) in [5.41, 5.74) is 2.24. The van der Waals surface area contributed by atoms with E-state index in [9.17, 15) is 4.79 Å². The molecule has 6 heteroatoms. The molecule has 148 valence electrons. The Morgan fingerprint density at radius 2 is 1.85 bits per heavy atom. The summed E-state index contributed by atoms with van der Waals surface area (Å²) in [5, 5.41) is 4.61. The summed E-state index contributed by atoms with van der Waals surface area (Å²) in [6.07, 6.45) is 0. The predicted molar refractivity (Wildman–Crippen MR) is 107 cm³/mol. The Balaban J connectivity index is 2.28. The molecule has 0 aliphatic heterocycles. The van der Waals surface area contributed by atoms with Crippen molar-refractivity contribution in [2.75, 3.05) is 21.3 Å². The molecule has 0 radical (unpaired) electrons. The SMILES string of the molecule is COc1ccc(CN(C)C(=O)c2cc(C(C)C)n(C(C)(C)C)n2)c(OC)c1. The van der Waals surface area contributed by atoms with Crippen molar-refractivity contribution in [3.05, 3.63) is 41.2 Å². The maximum atomic E-state index is 13.0. The third kappa shape index (κ3) is 4.62. The number of rotatable bonds is 6. The van der Waals surface area contributed by atoms with Crippen molar-refractivity contribution in [3.8, 4) is 11.5 Å². The van der Waals surface area contributed by atoms with E-state index in [1.165, 1.54) is 0 Å². The Hall–Kier alpha value is -2.50. The van der Waals surface area contributed by atoms with E-state index in [0.29, 0.717) is 18.0 Å². The Morgan fingerprint density at radius 3 is 2.33 bits per heavy atom. The maximum Gasteiger partial charge on any atom is 0.274 e. The van der Waals surface area contributed by atoms with Crippen LogP contribution in [0.3, 0.4) is 0 Å². The lowest BCUT2D eigenvalue weighted by molar-refractivity contribution is 0.0776. The van der Waals surface area contributed by atoms with Crippen LogP contribution >= 0.6 is 0 Å². The normalized spacial score (nSPS) is 11.6. The van der Waals surface area contributed by atoms with E-state index in [-0.39, 0.29) is 17.4 Å². The Kier molecular flexibility index (Phi) is 6.19. The second-order valence-electron chi connectivity index (χ2n) is 8.03. The molecule has 27 heavy (non-hydrogen) atoms. The fraction of sp³-hybridized carbons (Fsp3) is 0.524. The molecule has 1 aromatic heterocycles. The zero-order chi connectivity index (χ0) is 20.4. The van der Waals surface area contributed by atoms with Crippen molar-refractivity contribution >= 4 is 5.91 Å². The Morgan fingerprint density at radius 1 is 1.19 bits per heavy atom. The van der Waals surface area contributed by atoms with E-state index in [2.05, 4.69) is 39.7 Å². The molecule has 0 spiro atoms. The number of ether oxygens (including phenoxy) is 2. The van der Waals surface area contributed by atoms with Crippen LogP contribution < -0.4 is 9.47 Å². The average Bonchev–Trinajstić information content (AvgIpc) is 3.07. The van der Waals surface area contributed by atoms with E-state index in [0.717, 1.165) is 17.0 Å².